The van der Waals surface area contributed by atoms with Crippen LogP contribution in [0.25, 0.3) is 0 Å². The monoisotopic (exact) mass is 732 g/mol. The van der Waals surface area contributed by atoms with Crippen molar-refractivity contribution in [1.29, 1.82) is 0 Å². The van der Waals surface area contributed by atoms with Crippen molar-refractivity contribution in [3.05, 3.63) is 24.0 Å². The SMILES string of the molecule is C/C=C(\C)C(=O)O[C@H]1C[C@@H](OC(C)=O)[C@]23CO[C@@](OC)(C(=O)OC)[C@@H]2[C@]2(C)[C@H](O[C@]4(C)[C@@H]5C[C@@H](O[C@H]6OC=C[C@]65OC(C)=O)[C@]24O)[C@@H]2OC[C@@]1(C)[C@@H]23. The van der Waals surface area contributed by atoms with E-state index in [9.17, 15) is 24.3 Å². The Hall–Kier alpha value is -3.08. The van der Waals surface area contributed by atoms with E-state index in [4.69, 9.17) is 47.4 Å². The summed E-state index contributed by atoms with van der Waals surface area (Å²) < 4.78 is 63.1. The van der Waals surface area contributed by atoms with Crippen LogP contribution < -0.4 is 0 Å². The van der Waals surface area contributed by atoms with Gasteiger partial charge in [0.1, 0.15) is 23.4 Å². The van der Waals surface area contributed by atoms with Crippen LogP contribution in [0.1, 0.15) is 61.3 Å². The third-order valence-electron chi connectivity index (χ3n) is 14.6. The van der Waals surface area contributed by atoms with E-state index in [-0.39, 0.29) is 26.1 Å². The van der Waals surface area contributed by atoms with E-state index in [0.29, 0.717) is 5.57 Å². The number of carbonyl (C=O) groups excluding carboxylic acids is 4. The summed E-state index contributed by atoms with van der Waals surface area (Å²) in [4.78, 5) is 53.3. The van der Waals surface area contributed by atoms with Gasteiger partial charge in [-0.3, -0.25) is 9.59 Å². The molecule has 8 rings (SSSR count). The van der Waals surface area contributed by atoms with Gasteiger partial charge in [-0.05, 0) is 27.2 Å². The largest absolute Gasteiger partial charge is 0.468 e. The lowest BCUT2D eigenvalue weighted by Gasteiger charge is -2.66. The van der Waals surface area contributed by atoms with E-state index < -0.39 is 117 Å². The molecule has 15 heteroatoms. The normalized spacial score (nSPS) is 53.1. The van der Waals surface area contributed by atoms with E-state index >= 15 is 0 Å². The Bertz CT molecular complexity index is 1680. The molecule has 15 nitrogen and oxygen atoms in total. The van der Waals surface area contributed by atoms with Crippen LogP contribution in [0, 0.1) is 34.0 Å². The van der Waals surface area contributed by atoms with E-state index in [1.165, 1.54) is 34.3 Å². The van der Waals surface area contributed by atoms with Crippen LogP contribution in [0.2, 0.25) is 0 Å². The number of ether oxygens (including phenoxy) is 10. The van der Waals surface area contributed by atoms with E-state index in [0.717, 1.165) is 0 Å². The Balaban J connectivity index is 1.38. The fourth-order valence-electron chi connectivity index (χ4n) is 12.7. The Labute approximate surface area is 301 Å². The lowest BCUT2D eigenvalue weighted by molar-refractivity contribution is -0.318. The lowest BCUT2D eigenvalue weighted by atomic mass is 9.37. The summed E-state index contributed by atoms with van der Waals surface area (Å²) in [5, 5.41) is 13.8. The maximum absolute atomic E-state index is 14.2. The van der Waals surface area contributed by atoms with Gasteiger partial charge in [-0.2, -0.15) is 0 Å². The summed E-state index contributed by atoms with van der Waals surface area (Å²) in [6, 6.07) is 0. The summed E-state index contributed by atoms with van der Waals surface area (Å²) in [5.41, 5.74) is -8.25. The Kier molecular flexibility index (Phi) is 7.60. The molecular formula is C37H48O15. The number of hydrogen-bond donors (Lipinski definition) is 1. The van der Waals surface area contributed by atoms with Crippen molar-refractivity contribution in [2.24, 2.45) is 34.0 Å². The minimum Gasteiger partial charge on any atom is -0.468 e. The van der Waals surface area contributed by atoms with Crippen molar-refractivity contribution in [3.8, 4) is 0 Å². The molecule has 3 saturated carbocycles. The first-order chi connectivity index (χ1) is 24.4. The number of fused-ring (bicyclic) bond motifs is 11. The number of allylic oxidation sites excluding steroid dienone is 1. The van der Waals surface area contributed by atoms with Crippen LogP contribution >= 0.6 is 0 Å². The van der Waals surface area contributed by atoms with Crippen molar-refractivity contribution in [2.45, 2.75) is 121 Å². The molecule has 0 aromatic heterocycles. The van der Waals surface area contributed by atoms with Crippen LogP contribution in [0.4, 0.5) is 0 Å². The van der Waals surface area contributed by atoms with E-state index in [2.05, 4.69) is 0 Å². The summed E-state index contributed by atoms with van der Waals surface area (Å²) in [6.07, 6.45) is -0.670. The van der Waals surface area contributed by atoms with E-state index in [1.54, 1.807) is 32.9 Å². The van der Waals surface area contributed by atoms with Gasteiger partial charge in [-0.25, -0.2) is 9.59 Å². The molecule has 286 valence electrons. The minimum atomic E-state index is -2.14. The van der Waals surface area contributed by atoms with Crippen molar-refractivity contribution < 1.29 is 71.7 Å². The minimum absolute atomic E-state index is 0.0440. The molecule has 0 radical (unpaired) electrons. The molecule has 1 N–H and O–H groups in total. The van der Waals surface area contributed by atoms with Crippen LogP contribution in [-0.4, -0.2) is 116 Å². The first-order valence-electron chi connectivity index (χ1n) is 17.9. The molecule has 4 saturated heterocycles. The number of esters is 4. The lowest BCUT2D eigenvalue weighted by Crippen LogP contribution is -2.78. The molecule has 0 unspecified atom stereocenters. The molecule has 5 aliphatic heterocycles. The zero-order chi connectivity index (χ0) is 37.6. The number of methoxy groups -OCH3 is 2. The predicted octanol–water partition coefficient (Wildman–Crippen LogP) is 1.87. The molecule has 0 aromatic carbocycles. The number of aliphatic hydroxyl groups is 1. The van der Waals surface area contributed by atoms with Gasteiger partial charge >= 0.3 is 23.9 Å². The van der Waals surface area contributed by atoms with Gasteiger partial charge in [0.2, 0.25) is 11.9 Å². The zero-order valence-corrected chi connectivity index (χ0v) is 30.9. The fourth-order valence-corrected chi connectivity index (χ4v) is 12.7. The van der Waals surface area contributed by atoms with E-state index in [1.807, 2.05) is 13.8 Å². The van der Waals surface area contributed by atoms with Crippen molar-refractivity contribution in [3.63, 3.8) is 0 Å². The summed E-state index contributed by atoms with van der Waals surface area (Å²) in [6.45, 7) is 11.5. The zero-order valence-electron chi connectivity index (χ0n) is 30.9. The molecule has 8 aliphatic rings. The van der Waals surface area contributed by atoms with Crippen molar-refractivity contribution in [2.75, 3.05) is 27.4 Å². The molecule has 2 bridgehead atoms. The second-order valence-electron chi connectivity index (χ2n) is 16.5. The van der Waals surface area contributed by atoms with Crippen LogP contribution in [0.15, 0.2) is 24.0 Å². The molecule has 1 spiro atoms. The highest BCUT2D eigenvalue weighted by molar-refractivity contribution is 5.87. The number of hydrogen-bond acceptors (Lipinski definition) is 15. The highest BCUT2D eigenvalue weighted by atomic mass is 16.7. The van der Waals surface area contributed by atoms with Crippen LogP contribution in [0.3, 0.4) is 0 Å². The average Bonchev–Trinajstić information content (AvgIpc) is 3.86. The van der Waals surface area contributed by atoms with Gasteiger partial charge < -0.3 is 52.5 Å². The summed E-state index contributed by atoms with van der Waals surface area (Å²) in [7, 11) is 2.55. The Morgan fingerprint density at radius 2 is 1.69 bits per heavy atom. The first-order valence-corrected chi connectivity index (χ1v) is 17.9. The predicted molar refractivity (Wildman–Crippen MR) is 172 cm³/mol. The maximum atomic E-state index is 14.2. The average molecular weight is 733 g/mol. The number of rotatable bonds is 6. The molecular weight excluding hydrogens is 684 g/mol. The van der Waals surface area contributed by atoms with Crippen molar-refractivity contribution in [1.82, 2.24) is 0 Å². The van der Waals surface area contributed by atoms with Gasteiger partial charge in [-0.15, -0.1) is 0 Å². The smallest absolute Gasteiger partial charge is 0.366 e. The summed E-state index contributed by atoms with van der Waals surface area (Å²) in [5.74, 6) is -7.15. The molecule has 0 aromatic rings. The van der Waals surface area contributed by atoms with Gasteiger partial charge in [0.05, 0.1) is 44.9 Å². The third kappa shape index (κ3) is 3.77. The van der Waals surface area contributed by atoms with Gasteiger partial charge in [-0.1, -0.05) is 19.9 Å². The van der Waals surface area contributed by atoms with Gasteiger partial charge in [0, 0.05) is 73.0 Å². The quantitative estimate of drug-likeness (QED) is 0.237. The van der Waals surface area contributed by atoms with Crippen LogP contribution in [0.5, 0.6) is 0 Å². The standard InChI is InChI=1S/C37H48O15/c1-10-17(2)27(40)49-21-14-22(48-18(3)38)34-16-47-36(44-9,29(41)43-8)28(34)32(6)26(24-25(34)31(21,5)15-46-24)52-33(7)20-13-23(37(32,33)42)50-30-35(20,11-12-45-30)51-19(4)39/h10-12,20-26,28,30,42H,13-16H2,1-9H3/b17-10+/t20-,21-,22+,23+,24+,25+,26+,28+,30+,31+,32-,33+,34-,35+,36+,37-/m0/s1. The molecule has 3 aliphatic carbocycles. The maximum Gasteiger partial charge on any atom is 0.366 e. The second kappa shape index (κ2) is 11.0. The molecule has 0 amide bonds. The topological polar surface area (TPSA) is 181 Å². The molecule has 16 atom stereocenters. The first kappa shape index (κ1) is 35.9. The fraction of sp³-hybridized carbons (Fsp3) is 0.784. The summed E-state index contributed by atoms with van der Waals surface area (Å²) >= 11 is 0. The van der Waals surface area contributed by atoms with Crippen LogP contribution in [-0.2, 0) is 66.5 Å². The van der Waals surface area contributed by atoms with Crippen molar-refractivity contribution >= 4 is 23.9 Å². The Morgan fingerprint density at radius 3 is 2.33 bits per heavy atom. The highest BCUT2D eigenvalue weighted by Gasteiger charge is 2.94. The molecule has 5 heterocycles. The highest BCUT2D eigenvalue weighted by Crippen LogP contribution is 2.81. The molecule has 52 heavy (non-hydrogen) atoms. The Morgan fingerprint density at radius 1 is 0.962 bits per heavy atom. The van der Waals surface area contributed by atoms with Gasteiger partial charge in [0.25, 0.3) is 5.79 Å². The van der Waals surface area contributed by atoms with Gasteiger partial charge in [0.15, 0.2) is 0 Å². The molecule has 7 fully saturated rings. The third-order valence-corrected chi connectivity index (χ3v) is 14.6. The second-order valence-corrected chi connectivity index (χ2v) is 16.5. The number of carbonyl (C=O) groups is 4.